The molecule has 1 unspecified atom stereocenters. The molecule has 20 heavy (non-hydrogen) atoms. The summed E-state index contributed by atoms with van der Waals surface area (Å²) in [5.41, 5.74) is 1.94. The van der Waals surface area contributed by atoms with Gasteiger partial charge in [0.05, 0.1) is 16.4 Å². The SMILES string of the molecule is CC(Nc1ccc(N(C)C)nc1)c1ccc(F)c(Br)c1. The molecule has 0 radical (unpaired) electrons. The van der Waals surface area contributed by atoms with Gasteiger partial charge in [-0.05, 0) is 52.7 Å². The van der Waals surface area contributed by atoms with Crippen LogP contribution in [-0.2, 0) is 0 Å². The molecule has 0 saturated carbocycles. The zero-order valence-electron chi connectivity index (χ0n) is 11.7. The molecule has 5 heteroatoms. The first-order valence-corrected chi connectivity index (χ1v) is 7.11. The van der Waals surface area contributed by atoms with Gasteiger partial charge in [-0.25, -0.2) is 9.37 Å². The summed E-state index contributed by atoms with van der Waals surface area (Å²) >= 11 is 3.20. The summed E-state index contributed by atoms with van der Waals surface area (Å²) in [6, 6.07) is 9.03. The van der Waals surface area contributed by atoms with Crippen molar-refractivity contribution in [3.8, 4) is 0 Å². The molecular weight excluding hydrogens is 321 g/mol. The summed E-state index contributed by atoms with van der Waals surface area (Å²) in [6.45, 7) is 2.03. The summed E-state index contributed by atoms with van der Waals surface area (Å²) in [5.74, 6) is 0.658. The average molecular weight is 338 g/mol. The fourth-order valence-electron chi connectivity index (χ4n) is 1.85. The lowest BCUT2D eigenvalue weighted by molar-refractivity contribution is 0.619. The van der Waals surface area contributed by atoms with Crippen molar-refractivity contribution in [3.05, 3.63) is 52.4 Å². The Balaban J connectivity index is 2.10. The second-order valence-electron chi connectivity index (χ2n) is 4.84. The molecule has 0 saturated heterocycles. The van der Waals surface area contributed by atoms with Crippen molar-refractivity contribution in [2.45, 2.75) is 13.0 Å². The largest absolute Gasteiger partial charge is 0.377 e. The third-order valence-electron chi connectivity index (χ3n) is 3.03. The van der Waals surface area contributed by atoms with E-state index in [2.05, 4.69) is 26.2 Å². The van der Waals surface area contributed by atoms with E-state index in [9.17, 15) is 4.39 Å². The number of hydrogen-bond acceptors (Lipinski definition) is 3. The predicted molar refractivity (Wildman–Crippen MR) is 84.7 cm³/mol. The van der Waals surface area contributed by atoms with E-state index < -0.39 is 0 Å². The number of nitrogens with zero attached hydrogens (tertiary/aromatic N) is 2. The van der Waals surface area contributed by atoms with Crippen LogP contribution in [-0.4, -0.2) is 19.1 Å². The first kappa shape index (κ1) is 14.8. The molecule has 0 aliphatic carbocycles. The maximum Gasteiger partial charge on any atom is 0.137 e. The Bertz CT molecular complexity index is 584. The van der Waals surface area contributed by atoms with Crippen LogP contribution in [0.3, 0.4) is 0 Å². The Morgan fingerprint density at radius 3 is 2.55 bits per heavy atom. The molecule has 1 atom stereocenters. The molecule has 1 heterocycles. The zero-order valence-corrected chi connectivity index (χ0v) is 13.3. The maximum atomic E-state index is 13.2. The lowest BCUT2D eigenvalue weighted by Crippen LogP contribution is -2.11. The van der Waals surface area contributed by atoms with Crippen molar-refractivity contribution in [2.75, 3.05) is 24.3 Å². The van der Waals surface area contributed by atoms with Crippen LogP contribution in [0.25, 0.3) is 0 Å². The number of pyridine rings is 1. The van der Waals surface area contributed by atoms with Gasteiger partial charge in [0, 0.05) is 20.1 Å². The van der Waals surface area contributed by atoms with Gasteiger partial charge in [-0.1, -0.05) is 6.07 Å². The lowest BCUT2D eigenvalue weighted by Gasteiger charge is -2.17. The van der Waals surface area contributed by atoms with Gasteiger partial charge in [0.2, 0.25) is 0 Å². The summed E-state index contributed by atoms with van der Waals surface area (Å²) in [7, 11) is 3.90. The third kappa shape index (κ3) is 3.48. The van der Waals surface area contributed by atoms with E-state index in [4.69, 9.17) is 0 Å². The number of nitrogens with one attached hydrogen (secondary N) is 1. The van der Waals surface area contributed by atoms with Crippen LogP contribution in [0.2, 0.25) is 0 Å². The molecule has 1 aromatic heterocycles. The van der Waals surface area contributed by atoms with Crippen molar-refractivity contribution in [1.29, 1.82) is 0 Å². The quantitative estimate of drug-likeness (QED) is 0.905. The number of aromatic nitrogens is 1. The maximum absolute atomic E-state index is 13.2. The highest BCUT2D eigenvalue weighted by molar-refractivity contribution is 9.10. The Kier molecular flexibility index (Phi) is 4.60. The van der Waals surface area contributed by atoms with Crippen LogP contribution >= 0.6 is 15.9 Å². The second kappa shape index (κ2) is 6.22. The summed E-state index contributed by atoms with van der Waals surface area (Å²) < 4.78 is 13.7. The fraction of sp³-hybridized carbons (Fsp3) is 0.267. The molecule has 0 spiro atoms. The minimum atomic E-state index is -0.252. The topological polar surface area (TPSA) is 28.2 Å². The van der Waals surface area contributed by atoms with Crippen molar-refractivity contribution in [3.63, 3.8) is 0 Å². The van der Waals surface area contributed by atoms with E-state index >= 15 is 0 Å². The Labute approximate surface area is 127 Å². The monoisotopic (exact) mass is 337 g/mol. The Morgan fingerprint density at radius 2 is 2.00 bits per heavy atom. The molecule has 0 fully saturated rings. The number of benzene rings is 1. The van der Waals surface area contributed by atoms with Gasteiger partial charge in [-0.2, -0.15) is 0 Å². The highest BCUT2D eigenvalue weighted by atomic mass is 79.9. The van der Waals surface area contributed by atoms with Crippen molar-refractivity contribution in [2.24, 2.45) is 0 Å². The van der Waals surface area contributed by atoms with Crippen LogP contribution in [0, 0.1) is 5.82 Å². The zero-order chi connectivity index (χ0) is 14.7. The molecule has 1 aromatic carbocycles. The van der Waals surface area contributed by atoms with E-state index in [0.717, 1.165) is 17.1 Å². The number of hydrogen-bond donors (Lipinski definition) is 1. The van der Waals surface area contributed by atoms with Gasteiger partial charge in [-0.15, -0.1) is 0 Å². The average Bonchev–Trinajstić information content (AvgIpc) is 2.42. The van der Waals surface area contributed by atoms with Gasteiger partial charge in [0.1, 0.15) is 11.6 Å². The van der Waals surface area contributed by atoms with Crippen molar-refractivity contribution < 1.29 is 4.39 Å². The molecule has 0 aliphatic rings. The Morgan fingerprint density at radius 1 is 1.25 bits per heavy atom. The molecule has 1 N–H and O–H groups in total. The first-order chi connectivity index (χ1) is 9.47. The van der Waals surface area contributed by atoms with Crippen LogP contribution in [0.5, 0.6) is 0 Å². The molecule has 0 amide bonds. The standard InChI is InChI=1S/C15H17BrFN3/c1-10(11-4-6-14(17)13(16)8-11)19-12-5-7-15(18-9-12)20(2)3/h4-10,19H,1-3H3. The molecule has 3 nitrogen and oxygen atoms in total. The number of rotatable bonds is 4. The number of anilines is 2. The molecule has 2 rings (SSSR count). The lowest BCUT2D eigenvalue weighted by atomic mass is 10.1. The van der Waals surface area contributed by atoms with E-state index in [1.54, 1.807) is 18.3 Å². The molecule has 0 aliphatic heterocycles. The van der Waals surface area contributed by atoms with Crippen LogP contribution in [0.15, 0.2) is 41.0 Å². The van der Waals surface area contributed by atoms with Crippen LogP contribution in [0.1, 0.15) is 18.5 Å². The van der Waals surface area contributed by atoms with Crippen LogP contribution < -0.4 is 10.2 Å². The van der Waals surface area contributed by atoms with E-state index in [0.29, 0.717) is 4.47 Å². The highest BCUT2D eigenvalue weighted by Crippen LogP contribution is 2.24. The normalized spacial score (nSPS) is 12.1. The highest BCUT2D eigenvalue weighted by Gasteiger charge is 2.08. The molecular formula is C15H17BrFN3. The fourth-order valence-corrected chi connectivity index (χ4v) is 2.25. The van der Waals surface area contributed by atoms with Crippen molar-refractivity contribution in [1.82, 2.24) is 4.98 Å². The second-order valence-corrected chi connectivity index (χ2v) is 5.69. The summed E-state index contributed by atoms with van der Waals surface area (Å²) in [5, 5.41) is 3.35. The summed E-state index contributed by atoms with van der Waals surface area (Å²) in [6.07, 6.45) is 1.80. The van der Waals surface area contributed by atoms with Crippen LogP contribution in [0.4, 0.5) is 15.9 Å². The van der Waals surface area contributed by atoms with Gasteiger partial charge in [0.15, 0.2) is 0 Å². The van der Waals surface area contributed by atoms with Gasteiger partial charge in [-0.3, -0.25) is 0 Å². The van der Waals surface area contributed by atoms with E-state index in [-0.39, 0.29) is 11.9 Å². The van der Waals surface area contributed by atoms with E-state index in [1.807, 2.05) is 38.1 Å². The molecule has 2 aromatic rings. The van der Waals surface area contributed by atoms with E-state index in [1.165, 1.54) is 6.07 Å². The third-order valence-corrected chi connectivity index (χ3v) is 3.64. The van der Waals surface area contributed by atoms with Gasteiger partial charge >= 0.3 is 0 Å². The van der Waals surface area contributed by atoms with Crippen molar-refractivity contribution >= 4 is 27.4 Å². The number of halogens is 2. The first-order valence-electron chi connectivity index (χ1n) is 6.32. The minimum Gasteiger partial charge on any atom is -0.377 e. The Hall–Kier alpha value is -1.62. The smallest absolute Gasteiger partial charge is 0.137 e. The molecule has 106 valence electrons. The predicted octanol–water partition coefficient (Wildman–Crippen LogP) is 4.22. The summed E-state index contributed by atoms with van der Waals surface area (Å²) in [4.78, 5) is 6.30. The van der Waals surface area contributed by atoms with Gasteiger partial charge < -0.3 is 10.2 Å². The minimum absolute atomic E-state index is 0.0684. The molecule has 0 bridgehead atoms. The van der Waals surface area contributed by atoms with Gasteiger partial charge in [0.25, 0.3) is 0 Å².